The molecule has 1 aromatic heterocycles. The highest BCUT2D eigenvalue weighted by atomic mass is 16.5. The van der Waals surface area contributed by atoms with Crippen LogP contribution in [0.25, 0.3) is 11.0 Å². The monoisotopic (exact) mass is 393 g/mol. The number of nitrogens with one attached hydrogen (secondary N) is 1. The fraction of sp³-hybridized carbons (Fsp3) is 0.333. The van der Waals surface area contributed by atoms with Crippen LogP contribution < -0.4 is 15.7 Å². The molecule has 0 aliphatic rings. The predicted octanol–water partition coefficient (Wildman–Crippen LogP) is 4.26. The maximum atomic E-state index is 12.5. The normalized spacial score (nSPS) is 13.1. The molecule has 1 amide bonds. The summed E-state index contributed by atoms with van der Waals surface area (Å²) in [7, 11) is 0. The van der Waals surface area contributed by atoms with Crippen LogP contribution in [0, 0.1) is 0 Å². The van der Waals surface area contributed by atoms with Crippen LogP contribution in [0.5, 0.6) is 5.75 Å². The Hall–Kier alpha value is -3.08. The van der Waals surface area contributed by atoms with Gasteiger partial charge in [-0.25, -0.2) is 4.79 Å². The van der Waals surface area contributed by atoms with Crippen molar-refractivity contribution < 1.29 is 13.9 Å². The van der Waals surface area contributed by atoms with Crippen LogP contribution in [-0.2, 0) is 17.6 Å². The van der Waals surface area contributed by atoms with E-state index in [0.29, 0.717) is 11.3 Å². The van der Waals surface area contributed by atoms with Crippen molar-refractivity contribution >= 4 is 16.9 Å². The zero-order chi connectivity index (χ0) is 20.8. The fourth-order valence-corrected chi connectivity index (χ4v) is 3.29. The fourth-order valence-electron chi connectivity index (χ4n) is 3.29. The molecule has 0 aliphatic heterocycles. The lowest BCUT2D eigenvalue weighted by molar-refractivity contribution is -0.127. The quantitative estimate of drug-likeness (QED) is 0.581. The maximum absolute atomic E-state index is 12.5. The molecule has 3 rings (SSSR count). The molecule has 152 valence electrons. The number of fused-ring (bicyclic) bond motifs is 1. The highest BCUT2D eigenvalue weighted by molar-refractivity contribution is 5.83. The minimum absolute atomic E-state index is 0.0375. The Morgan fingerprint density at radius 3 is 2.59 bits per heavy atom. The van der Waals surface area contributed by atoms with Gasteiger partial charge in [0, 0.05) is 23.6 Å². The molecule has 5 nitrogen and oxygen atoms in total. The predicted molar refractivity (Wildman–Crippen MR) is 114 cm³/mol. The molecule has 1 N–H and O–H groups in total. The molecule has 0 saturated carbocycles. The molecule has 29 heavy (non-hydrogen) atoms. The standard InChI is InChI=1S/C24H27NO4/c1-4-19-14-23(26)29-22-15-20(12-13-21(19)22)28-17(3)24(27)25-16(2)10-11-18-8-6-5-7-9-18/h5-9,12-17H,4,10-11H2,1-3H3,(H,25,27). The Labute approximate surface area is 170 Å². The van der Waals surface area contributed by atoms with Crippen LogP contribution in [0.4, 0.5) is 0 Å². The summed E-state index contributed by atoms with van der Waals surface area (Å²) in [6, 6.07) is 17.1. The number of hydrogen-bond acceptors (Lipinski definition) is 4. The summed E-state index contributed by atoms with van der Waals surface area (Å²) >= 11 is 0. The van der Waals surface area contributed by atoms with Gasteiger partial charge in [-0.05, 0) is 56.4 Å². The van der Waals surface area contributed by atoms with E-state index in [0.717, 1.165) is 30.2 Å². The van der Waals surface area contributed by atoms with Crippen molar-refractivity contribution in [2.75, 3.05) is 0 Å². The Kier molecular flexibility index (Phi) is 6.70. The van der Waals surface area contributed by atoms with Crippen molar-refractivity contribution in [3.8, 4) is 5.75 Å². The van der Waals surface area contributed by atoms with Gasteiger partial charge in [0.25, 0.3) is 5.91 Å². The van der Waals surface area contributed by atoms with E-state index in [1.807, 2.05) is 38.1 Å². The largest absolute Gasteiger partial charge is 0.481 e. The number of carbonyl (C=O) groups excluding carboxylic acids is 1. The van der Waals surface area contributed by atoms with Crippen LogP contribution in [-0.4, -0.2) is 18.1 Å². The van der Waals surface area contributed by atoms with Crippen LogP contribution >= 0.6 is 0 Å². The first kappa shape index (κ1) is 20.6. The lowest BCUT2D eigenvalue weighted by Gasteiger charge is -2.19. The van der Waals surface area contributed by atoms with E-state index in [-0.39, 0.29) is 17.6 Å². The molecule has 3 aromatic rings. The molecule has 2 aromatic carbocycles. The van der Waals surface area contributed by atoms with Crippen molar-refractivity contribution in [1.82, 2.24) is 5.32 Å². The van der Waals surface area contributed by atoms with Gasteiger partial charge in [0.2, 0.25) is 0 Å². The van der Waals surface area contributed by atoms with Gasteiger partial charge in [0.05, 0.1) is 0 Å². The first-order valence-electron chi connectivity index (χ1n) is 10.0. The zero-order valence-corrected chi connectivity index (χ0v) is 17.1. The zero-order valence-electron chi connectivity index (χ0n) is 17.1. The van der Waals surface area contributed by atoms with E-state index in [1.54, 1.807) is 19.1 Å². The average Bonchev–Trinajstić information content (AvgIpc) is 2.72. The van der Waals surface area contributed by atoms with Crippen molar-refractivity contribution in [1.29, 1.82) is 0 Å². The second kappa shape index (κ2) is 9.41. The number of aryl methyl sites for hydroxylation is 2. The Bertz CT molecular complexity index is 1030. The summed E-state index contributed by atoms with van der Waals surface area (Å²) < 4.78 is 11.1. The molecule has 0 spiro atoms. The molecule has 1 heterocycles. The Balaban J connectivity index is 1.59. The van der Waals surface area contributed by atoms with E-state index in [9.17, 15) is 9.59 Å². The highest BCUT2D eigenvalue weighted by Crippen LogP contribution is 2.23. The molecule has 5 heteroatoms. The lowest BCUT2D eigenvalue weighted by atomic mass is 10.1. The molecule has 0 radical (unpaired) electrons. The van der Waals surface area contributed by atoms with Crippen LogP contribution in [0.3, 0.4) is 0 Å². The third kappa shape index (κ3) is 5.47. The number of ether oxygens (including phenoxy) is 1. The minimum Gasteiger partial charge on any atom is -0.481 e. The molecule has 0 fully saturated rings. The van der Waals surface area contributed by atoms with Gasteiger partial charge in [-0.1, -0.05) is 37.3 Å². The summed E-state index contributed by atoms with van der Waals surface area (Å²) in [6.45, 7) is 5.69. The van der Waals surface area contributed by atoms with Crippen LogP contribution in [0.2, 0.25) is 0 Å². The van der Waals surface area contributed by atoms with Gasteiger partial charge in [0.15, 0.2) is 6.10 Å². The van der Waals surface area contributed by atoms with Crippen molar-refractivity contribution in [2.45, 2.75) is 52.2 Å². The number of benzene rings is 2. The topological polar surface area (TPSA) is 68.5 Å². The van der Waals surface area contributed by atoms with E-state index in [1.165, 1.54) is 11.6 Å². The first-order valence-corrected chi connectivity index (χ1v) is 10.0. The smallest absolute Gasteiger partial charge is 0.336 e. The van der Waals surface area contributed by atoms with Gasteiger partial charge >= 0.3 is 5.63 Å². The summed E-state index contributed by atoms with van der Waals surface area (Å²) in [4.78, 5) is 24.2. The number of hydrogen-bond donors (Lipinski definition) is 1. The van der Waals surface area contributed by atoms with E-state index < -0.39 is 6.10 Å². The second-order valence-corrected chi connectivity index (χ2v) is 7.30. The molecule has 2 unspecified atom stereocenters. The van der Waals surface area contributed by atoms with Crippen molar-refractivity contribution in [3.63, 3.8) is 0 Å². The number of amides is 1. The van der Waals surface area contributed by atoms with Gasteiger partial charge in [-0.3, -0.25) is 4.79 Å². The SMILES string of the molecule is CCc1cc(=O)oc2cc(OC(C)C(=O)NC(C)CCc3ccccc3)ccc12. The van der Waals surface area contributed by atoms with E-state index in [2.05, 4.69) is 17.4 Å². The maximum Gasteiger partial charge on any atom is 0.336 e. The van der Waals surface area contributed by atoms with E-state index in [4.69, 9.17) is 9.15 Å². The minimum atomic E-state index is -0.660. The lowest BCUT2D eigenvalue weighted by Crippen LogP contribution is -2.41. The third-order valence-electron chi connectivity index (χ3n) is 4.96. The Morgan fingerprint density at radius 1 is 1.10 bits per heavy atom. The number of carbonyl (C=O) groups is 1. The molecule has 0 saturated heterocycles. The molecule has 2 atom stereocenters. The average molecular weight is 393 g/mol. The van der Waals surface area contributed by atoms with Crippen molar-refractivity contribution in [3.05, 3.63) is 76.1 Å². The number of rotatable bonds is 8. The summed E-state index contributed by atoms with van der Waals surface area (Å²) in [5, 5.41) is 3.88. The van der Waals surface area contributed by atoms with E-state index >= 15 is 0 Å². The summed E-state index contributed by atoms with van der Waals surface area (Å²) in [6.07, 6.45) is 1.83. The van der Waals surface area contributed by atoms with Gasteiger partial charge in [-0.2, -0.15) is 0 Å². The summed E-state index contributed by atoms with van der Waals surface area (Å²) in [5.74, 6) is 0.322. The third-order valence-corrected chi connectivity index (χ3v) is 4.96. The van der Waals surface area contributed by atoms with Crippen molar-refractivity contribution in [2.24, 2.45) is 0 Å². The van der Waals surface area contributed by atoms with Gasteiger partial charge in [0.1, 0.15) is 11.3 Å². The van der Waals surface area contributed by atoms with Crippen LogP contribution in [0.1, 0.15) is 38.3 Å². The Morgan fingerprint density at radius 2 is 1.86 bits per heavy atom. The first-order chi connectivity index (χ1) is 14.0. The van der Waals surface area contributed by atoms with Gasteiger partial charge in [-0.15, -0.1) is 0 Å². The molecule has 0 aliphatic carbocycles. The molecular formula is C24H27NO4. The molecular weight excluding hydrogens is 366 g/mol. The second-order valence-electron chi connectivity index (χ2n) is 7.30. The highest BCUT2D eigenvalue weighted by Gasteiger charge is 2.17. The van der Waals surface area contributed by atoms with Gasteiger partial charge < -0.3 is 14.5 Å². The summed E-state index contributed by atoms with van der Waals surface area (Å²) in [5.41, 5.74) is 2.27. The molecule has 0 bridgehead atoms. The van der Waals surface area contributed by atoms with Crippen LogP contribution in [0.15, 0.2) is 63.8 Å².